The van der Waals surface area contributed by atoms with Crippen LogP contribution in [0.15, 0.2) is 24.4 Å². The monoisotopic (exact) mass is 368 g/mol. The van der Waals surface area contributed by atoms with Crippen molar-refractivity contribution in [2.75, 3.05) is 23.6 Å². The summed E-state index contributed by atoms with van der Waals surface area (Å²) in [5, 5.41) is 12.7. The standard InChI is InChI=1S/C17H19F3N4O2/c1-9(12-4-3-11(18)5-13(12)19)22-17-21-6-14(20)16(23-17)24-8-26-7-15(24)10(2)25/h3-6,9-10,15,25H,7-8H2,1-2H3,(H,21,22,23)/t9-,10+,15+/m0/s1. The highest BCUT2D eigenvalue weighted by Gasteiger charge is 2.32. The molecule has 1 saturated heterocycles. The van der Waals surface area contributed by atoms with Gasteiger partial charge in [0.2, 0.25) is 5.95 Å². The summed E-state index contributed by atoms with van der Waals surface area (Å²) in [5.41, 5.74) is 0.229. The number of anilines is 2. The molecule has 0 unspecified atom stereocenters. The second-order valence-corrected chi connectivity index (χ2v) is 6.17. The van der Waals surface area contributed by atoms with Gasteiger partial charge in [-0.2, -0.15) is 4.98 Å². The third kappa shape index (κ3) is 3.73. The molecule has 0 spiro atoms. The molecule has 1 aliphatic rings. The molecular formula is C17H19F3N4O2. The summed E-state index contributed by atoms with van der Waals surface area (Å²) in [6, 6.07) is 2.27. The van der Waals surface area contributed by atoms with Crippen molar-refractivity contribution in [2.24, 2.45) is 0 Å². The number of benzene rings is 1. The largest absolute Gasteiger partial charge is 0.391 e. The molecule has 9 heteroatoms. The van der Waals surface area contributed by atoms with Crippen LogP contribution in [0.3, 0.4) is 0 Å². The average Bonchev–Trinajstić information content (AvgIpc) is 3.06. The van der Waals surface area contributed by atoms with Gasteiger partial charge in [0.25, 0.3) is 0 Å². The van der Waals surface area contributed by atoms with E-state index in [0.717, 1.165) is 18.3 Å². The normalized spacial score (nSPS) is 19.5. The molecule has 0 aliphatic carbocycles. The van der Waals surface area contributed by atoms with Crippen LogP contribution in [0.2, 0.25) is 0 Å². The molecule has 1 aromatic carbocycles. The number of ether oxygens (including phenoxy) is 1. The predicted molar refractivity (Wildman–Crippen MR) is 89.2 cm³/mol. The Hall–Kier alpha value is -2.39. The van der Waals surface area contributed by atoms with Crippen molar-refractivity contribution in [3.63, 3.8) is 0 Å². The van der Waals surface area contributed by atoms with Gasteiger partial charge in [-0.1, -0.05) is 6.07 Å². The lowest BCUT2D eigenvalue weighted by Crippen LogP contribution is -2.40. The minimum Gasteiger partial charge on any atom is -0.391 e. The van der Waals surface area contributed by atoms with E-state index >= 15 is 0 Å². The first-order valence-electron chi connectivity index (χ1n) is 8.13. The maximum atomic E-state index is 14.2. The lowest BCUT2D eigenvalue weighted by atomic mass is 10.1. The van der Waals surface area contributed by atoms with Gasteiger partial charge in [-0.25, -0.2) is 18.2 Å². The van der Waals surface area contributed by atoms with E-state index in [0.29, 0.717) is 0 Å². The summed E-state index contributed by atoms with van der Waals surface area (Å²) >= 11 is 0. The van der Waals surface area contributed by atoms with E-state index < -0.39 is 35.6 Å². The quantitative estimate of drug-likeness (QED) is 0.846. The molecule has 3 atom stereocenters. The van der Waals surface area contributed by atoms with Crippen molar-refractivity contribution >= 4 is 11.8 Å². The van der Waals surface area contributed by atoms with Crippen molar-refractivity contribution in [1.29, 1.82) is 0 Å². The van der Waals surface area contributed by atoms with Gasteiger partial charge >= 0.3 is 0 Å². The SMILES string of the molecule is C[C@H](Nc1ncc(F)c(N2COC[C@@H]2[C@@H](C)O)n1)c1ccc(F)cc1F. The van der Waals surface area contributed by atoms with Gasteiger partial charge in [0.05, 0.1) is 31.0 Å². The first kappa shape index (κ1) is 18.4. The molecule has 0 bridgehead atoms. The van der Waals surface area contributed by atoms with Gasteiger partial charge in [0.15, 0.2) is 11.6 Å². The van der Waals surface area contributed by atoms with E-state index in [1.54, 1.807) is 13.8 Å². The zero-order chi connectivity index (χ0) is 18.8. The van der Waals surface area contributed by atoms with Gasteiger partial charge in [-0.15, -0.1) is 0 Å². The molecule has 0 saturated carbocycles. The second kappa shape index (κ2) is 7.46. The Kier molecular flexibility index (Phi) is 5.28. The lowest BCUT2D eigenvalue weighted by Gasteiger charge is -2.26. The van der Waals surface area contributed by atoms with Gasteiger partial charge in [-0.05, 0) is 19.9 Å². The third-order valence-corrected chi connectivity index (χ3v) is 4.25. The Morgan fingerprint density at radius 2 is 2.04 bits per heavy atom. The number of rotatable bonds is 5. The topological polar surface area (TPSA) is 70.5 Å². The van der Waals surface area contributed by atoms with Gasteiger partial charge in [0.1, 0.15) is 18.4 Å². The van der Waals surface area contributed by atoms with Gasteiger partial charge in [0, 0.05) is 11.6 Å². The van der Waals surface area contributed by atoms with Crippen molar-refractivity contribution in [1.82, 2.24) is 9.97 Å². The van der Waals surface area contributed by atoms with Crippen LogP contribution in [0.5, 0.6) is 0 Å². The molecule has 2 heterocycles. The van der Waals surface area contributed by atoms with Crippen LogP contribution in [0.4, 0.5) is 24.9 Å². The van der Waals surface area contributed by atoms with Crippen LogP contribution in [-0.2, 0) is 4.74 Å². The number of hydrogen-bond donors (Lipinski definition) is 2. The van der Waals surface area contributed by atoms with Gasteiger partial charge < -0.3 is 20.1 Å². The molecule has 2 aromatic rings. The summed E-state index contributed by atoms with van der Waals surface area (Å²) < 4.78 is 46.4. The summed E-state index contributed by atoms with van der Waals surface area (Å²) in [4.78, 5) is 9.52. The number of nitrogens with zero attached hydrogens (tertiary/aromatic N) is 3. The maximum Gasteiger partial charge on any atom is 0.225 e. The Bertz CT molecular complexity index is 791. The molecular weight excluding hydrogens is 349 g/mol. The first-order valence-corrected chi connectivity index (χ1v) is 8.13. The van der Waals surface area contributed by atoms with E-state index in [4.69, 9.17) is 4.74 Å². The minimum atomic E-state index is -0.740. The molecule has 0 amide bonds. The van der Waals surface area contributed by atoms with Crippen LogP contribution in [0, 0.1) is 17.5 Å². The fraction of sp³-hybridized carbons (Fsp3) is 0.412. The number of aliphatic hydroxyl groups excluding tert-OH is 1. The van der Waals surface area contributed by atoms with E-state index in [1.165, 1.54) is 11.0 Å². The van der Waals surface area contributed by atoms with Crippen LogP contribution in [0.1, 0.15) is 25.5 Å². The Morgan fingerprint density at radius 1 is 1.27 bits per heavy atom. The number of aromatic nitrogens is 2. The van der Waals surface area contributed by atoms with Gasteiger partial charge in [-0.3, -0.25) is 0 Å². The van der Waals surface area contributed by atoms with Crippen molar-refractivity contribution in [3.8, 4) is 0 Å². The number of halogens is 3. The fourth-order valence-electron chi connectivity index (χ4n) is 2.83. The summed E-state index contributed by atoms with van der Waals surface area (Å²) in [7, 11) is 0. The van der Waals surface area contributed by atoms with Crippen LogP contribution in [-0.4, -0.2) is 40.6 Å². The Labute approximate surface area is 148 Å². The van der Waals surface area contributed by atoms with E-state index in [9.17, 15) is 18.3 Å². The van der Waals surface area contributed by atoms with Crippen molar-refractivity contribution < 1.29 is 23.0 Å². The summed E-state index contributed by atoms with van der Waals surface area (Å²) in [6.07, 6.45) is 0.256. The molecule has 26 heavy (non-hydrogen) atoms. The van der Waals surface area contributed by atoms with E-state index in [2.05, 4.69) is 15.3 Å². The zero-order valence-corrected chi connectivity index (χ0v) is 14.3. The molecule has 140 valence electrons. The van der Waals surface area contributed by atoms with E-state index in [1.807, 2.05) is 0 Å². The zero-order valence-electron chi connectivity index (χ0n) is 14.3. The van der Waals surface area contributed by atoms with Crippen LogP contribution in [0.25, 0.3) is 0 Å². The number of hydrogen-bond acceptors (Lipinski definition) is 6. The third-order valence-electron chi connectivity index (χ3n) is 4.25. The van der Waals surface area contributed by atoms with Crippen molar-refractivity contribution in [2.45, 2.75) is 32.0 Å². The first-order chi connectivity index (χ1) is 12.4. The molecule has 3 rings (SSSR count). The maximum absolute atomic E-state index is 14.2. The predicted octanol–water partition coefficient (Wildman–Crippen LogP) is 2.61. The molecule has 2 N–H and O–H groups in total. The lowest BCUT2D eigenvalue weighted by molar-refractivity contribution is 0.136. The molecule has 6 nitrogen and oxygen atoms in total. The van der Waals surface area contributed by atoms with Crippen LogP contribution >= 0.6 is 0 Å². The highest BCUT2D eigenvalue weighted by Crippen LogP contribution is 2.26. The smallest absolute Gasteiger partial charge is 0.225 e. The molecule has 1 aliphatic heterocycles. The van der Waals surface area contributed by atoms with E-state index in [-0.39, 0.29) is 30.7 Å². The highest BCUT2D eigenvalue weighted by atomic mass is 19.1. The number of aliphatic hydroxyl groups is 1. The highest BCUT2D eigenvalue weighted by molar-refractivity contribution is 5.46. The molecule has 1 fully saturated rings. The fourth-order valence-corrected chi connectivity index (χ4v) is 2.83. The second-order valence-electron chi connectivity index (χ2n) is 6.17. The molecule has 0 radical (unpaired) electrons. The Morgan fingerprint density at radius 3 is 2.73 bits per heavy atom. The number of nitrogens with one attached hydrogen (secondary N) is 1. The minimum absolute atomic E-state index is 0.0160. The average molecular weight is 368 g/mol. The summed E-state index contributed by atoms with van der Waals surface area (Å²) in [5.74, 6) is -1.97. The van der Waals surface area contributed by atoms with Crippen molar-refractivity contribution in [3.05, 3.63) is 47.4 Å². The molecule has 1 aromatic heterocycles. The summed E-state index contributed by atoms with van der Waals surface area (Å²) in [6.45, 7) is 3.58. The Balaban J connectivity index is 1.83. The van der Waals surface area contributed by atoms with Crippen LogP contribution < -0.4 is 10.2 Å².